The van der Waals surface area contributed by atoms with Gasteiger partial charge in [0.05, 0.1) is 5.69 Å². The van der Waals surface area contributed by atoms with Crippen LogP contribution in [0, 0.1) is 11.6 Å². The van der Waals surface area contributed by atoms with Crippen LogP contribution in [0.3, 0.4) is 0 Å². The van der Waals surface area contributed by atoms with E-state index in [0.717, 1.165) is 34.0 Å². The molecule has 0 saturated heterocycles. The largest absolute Gasteiger partial charge is 0.323 e. The highest BCUT2D eigenvalue weighted by Gasteiger charge is 2.12. The smallest absolute Gasteiger partial charge is 0.308 e. The van der Waals surface area contributed by atoms with Crippen LogP contribution in [0.5, 0.6) is 0 Å². The number of nitrogens with zero attached hydrogens (tertiary/aromatic N) is 1. The van der Waals surface area contributed by atoms with Crippen LogP contribution in [-0.2, 0) is 0 Å². The number of rotatable bonds is 4. The molecule has 1 heterocycles. The Hall–Kier alpha value is -3.58. The summed E-state index contributed by atoms with van der Waals surface area (Å²) in [6, 6.07) is 19.6. The molecule has 0 bridgehead atoms. The van der Waals surface area contributed by atoms with Gasteiger partial charge in [-0.2, -0.15) is 0 Å². The standard InChI is InChI=1S/C22H15F2N3OS/c23-17-7-4-8-18(24)20(17)27-22(28)25-16-11-9-14(10-12-16)19-13-29-21(26-19)15-5-2-1-3-6-15/h1-13H,(H2,25,27,28). The van der Waals surface area contributed by atoms with E-state index in [0.29, 0.717) is 5.69 Å². The number of para-hydroxylation sites is 1. The summed E-state index contributed by atoms with van der Waals surface area (Å²) in [4.78, 5) is 16.7. The van der Waals surface area contributed by atoms with E-state index in [1.54, 1.807) is 23.5 Å². The number of carbonyl (C=O) groups is 1. The van der Waals surface area contributed by atoms with E-state index in [1.165, 1.54) is 6.07 Å². The van der Waals surface area contributed by atoms with E-state index in [-0.39, 0.29) is 0 Å². The molecule has 2 amide bonds. The van der Waals surface area contributed by atoms with Crippen molar-refractivity contribution in [3.05, 3.63) is 89.8 Å². The number of hydrogen-bond donors (Lipinski definition) is 2. The van der Waals surface area contributed by atoms with Crippen molar-refractivity contribution in [1.82, 2.24) is 4.98 Å². The first kappa shape index (κ1) is 18.8. The van der Waals surface area contributed by atoms with Crippen molar-refractivity contribution in [1.29, 1.82) is 0 Å². The third kappa shape index (κ3) is 4.30. The highest BCUT2D eigenvalue weighted by Crippen LogP contribution is 2.29. The van der Waals surface area contributed by atoms with Crippen molar-refractivity contribution in [2.24, 2.45) is 0 Å². The summed E-state index contributed by atoms with van der Waals surface area (Å²) in [6.45, 7) is 0. The Morgan fingerprint density at radius 1 is 0.793 bits per heavy atom. The molecule has 3 aromatic carbocycles. The highest BCUT2D eigenvalue weighted by atomic mass is 32.1. The summed E-state index contributed by atoms with van der Waals surface area (Å²) in [7, 11) is 0. The number of anilines is 2. The number of benzene rings is 3. The first-order valence-corrected chi connectivity index (χ1v) is 9.61. The molecule has 0 aliphatic rings. The van der Waals surface area contributed by atoms with Crippen LogP contribution in [0.15, 0.2) is 78.2 Å². The molecular formula is C22H15F2N3OS. The SMILES string of the molecule is O=C(Nc1ccc(-c2csc(-c3ccccc3)n2)cc1)Nc1c(F)cccc1F. The minimum atomic E-state index is -0.840. The number of carbonyl (C=O) groups excluding carboxylic acids is 1. The lowest BCUT2D eigenvalue weighted by atomic mass is 10.1. The van der Waals surface area contributed by atoms with Crippen molar-refractivity contribution >= 4 is 28.7 Å². The van der Waals surface area contributed by atoms with Crippen LogP contribution >= 0.6 is 11.3 Å². The molecule has 144 valence electrons. The monoisotopic (exact) mass is 407 g/mol. The second-order valence-electron chi connectivity index (χ2n) is 6.16. The molecular weight excluding hydrogens is 392 g/mol. The van der Waals surface area contributed by atoms with Crippen molar-refractivity contribution in [2.75, 3.05) is 10.6 Å². The first-order chi connectivity index (χ1) is 14.1. The van der Waals surface area contributed by atoms with Crippen LogP contribution in [0.1, 0.15) is 0 Å². The lowest BCUT2D eigenvalue weighted by Crippen LogP contribution is -2.20. The van der Waals surface area contributed by atoms with Crippen LogP contribution in [0.2, 0.25) is 0 Å². The van der Waals surface area contributed by atoms with E-state index in [4.69, 9.17) is 0 Å². The Bertz CT molecular complexity index is 1120. The van der Waals surface area contributed by atoms with Crippen LogP contribution in [0.4, 0.5) is 25.0 Å². The fraction of sp³-hybridized carbons (Fsp3) is 0. The number of urea groups is 1. The molecule has 0 unspecified atom stereocenters. The topological polar surface area (TPSA) is 54.0 Å². The summed E-state index contributed by atoms with van der Waals surface area (Å²) < 4.78 is 27.3. The first-order valence-electron chi connectivity index (χ1n) is 8.73. The number of aromatic nitrogens is 1. The molecule has 0 aliphatic heterocycles. The molecule has 0 fully saturated rings. The molecule has 2 N–H and O–H groups in total. The summed E-state index contributed by atoms with van der Waals surface area (Å²) in [6.07, 6.45) is 0. The minimum Gasteiger partial charge on any atom is -0.308 e. The third-order valence-electron chi connectivity index (χ3n) is 4.16. The van der Waals surface area contributed by atoms with Gasteiger partial charge in [0.2, 0.25) is 0 Å². The van der Waals surface area contributed by atoms with Gasteiger partial charge in [0, 0.05) is 22.2 Å². The second-order valence-corrected chi connectivity index (χ2v) is 7.02. The maximum Gasteiger partial charge on any atom is 0.323 e. The average molecular weight is 407 g/mol. The van der Waals surface area contributed by atoms with Gasteiger partial charge < -0.3 is 10.6 Å². The predicted molar refractivity (Wildman–Crippen MR) is 112 cm³/mol. The summed E-state index contributed by atoms with van der Waals surface area (Å²) >= 11 is 1.55. The lowest BCUT2D eigenvalue weighted by molar-refractivity contribution is 0.262. The number of thiazole rings is 1. The molecule has 0 aliphatic carbocycles. The van der Waals surface area contributed by atoms with Gasteiger partial charge in [0.15, 0.2) is 0 Å². The van der Waals surface area contributed by atoms with E-state index in [1.807, 2.05) is 47.8 Å². The Morgan fingerprint density at radius 3 is 2.17 bits per heavy atom. The average Bonchev–Trinajstić information content (AvgIpc) is 3.22. The molecule has 1 aromatic heterocycles. The van der Waals surface area contributed by atoms with Crippen LogP contribution in [0.25, 0.3) is 21.8 Å². The molecule has 4 aromatic rings. The number of halogens is 2. The molecule has 0 radical (unpaired) electrons. The molecule has 4 nitrogen and oxygen atoms in total. The van der Waals surface area contributed by atoms with Gasteiger partial charge in [-0.1, -0.05) is 48.5 Å². The fourth-order valence-corrected chi connectivity index (χ4v) is 3.57. The van der Waals surface area contributed by atoms with Gasteiger partial charge >= 0.3 is 6.03 Å². The van der Waals surface area contributed by atoms with Crippen LogP contribution < -0.4 is 10.6 Å². The van der Waals surface area contributed by atoms with Crippen molar-refractivity contribution in [3.63, 3.8) is 0 Å². The van der Waals surface area contributed by atoms with Gasteiger partial charge in [-0.3, -0.25) is 0 Å². The van der Waals surface area contributed by atoms with Gasteiger partial charge in [-0.25, -0.2) is 18.6 Å². The lowest BCUT2D eigenvalue weighted by Gasteiger charge is -2.09. The van der Waals surface area contributed by atoms with Crippen molar-refractivity contribution in [3.8, 4) is 21.8 Å². The number of hydrogen-bond acceptors (Lipinski definition) is 3. The molecule has 0 atom stereocenters. The Kier molecular flexibility index (Phi) is 5.31. The zero-order chi connectivity index (χ0) is 20.2. The highest BCUT2D eigenvalue weighted by molar-refractivity contribution is 7.13. The zero-order valence-electron chi connectivity index (χ0n) is 15.0. The molecule has 29 heavy (non-hydrogen) atoms. The number of amides is 2. The summed E-state index contributed by atoms with van der Waals surface area (Å²) in [5, 5.41) is 7.63. The van der Waals surface area contributed by atoms with E-state index in [2.05, 4.69) is 15.6 Å². The maximum absolute atomic E-state index is 13.6. The zero-order valence-corrected chi connectivity index (χ0v) is 15.8. The molecule has 4 rings (SSSR count). The Labute approximate surface area is 169 Å². The fourth-order valence-electron chi connectivity index (χ4n) is 2.74. The van der Waals surface area contributed by atoms with E-state index in [9.17, 15) is 13.6 Å². The van der Waals surface area contributed by atoms with E-state index < -0.39 is 23.4 Å². The molecule has 7 heteroatoms. The van der Waals surface area contributed by atoms with Gasteiger partial charge in [0.1, 0.15) is 22.3 Å². The predicted octanol–water partition coefficient (Wildman–Crippen LogP) is 6.40. The Balaban J connectivity index is 1.44. The number of nitrogens with one attached hydrogen (secondary N) is 2. The van der Waals surface area contributed by atoms with Gasteiger partial charge in [0.25, 0.3) is 0 Å². The molecule has 0 saturated carbocycles. The quantitative estimate of drug-likeness (QED) is 0.411. The van der Waals surface area contributed by atoms with Crippen molar-refractivity contribution < 1.29 is 13.6 Å². The van der Waals surface area contributed by atoms with Crippen molar-refractivity contribution in [2.45, 2.75) is 0 Å². The third-order valence-corrected chi connectivity index (χ3v) is 5.06. The second kappa shape index (κ2) is 8.20. The maximum atomic E-state index is 13.6. The van der Waals surface area contributed by atoms with E-state index >= 15 is 0 Å². The Morgan fingerprint density at radius 2 is 1.48 bits per heavy atom. The van der Waals surface area contributed by atoms with Gasteiger partial charge in [-0.05, 0) is 24.3 Å². The minimum absolute atomic E-state index is 0.488. The normalized spacial score (nSPS) is 10.6. The van der Waals surface area contributed by atoms with Gasteiger partial charge in [-0.15, -0.1) is 11.3 Å². The summed E-state index contributed by atoms with van der Waals surface area (Å²) in [5.41, 5.74) is 2.78. The van der Waals surface area contributed by atoms with Crippen LogP contribution in [-0.4, -0.2) is 11.0 Å². The molecule has 0 spiro atoms. The summed E-state index contributed by atoms with van der Waals surface area (Å²) in [5.74, 6) is -1.68.